The number of carboxylic acid groups (broad SMARTS) is 1. The third-order valence-corrected chi connectivity index (χ3v) is 8.70. The zero-order chi connectivity index (χ0) is 37.6. The number of amides is 4. The molecule has 2 aliphatic heterocycles. The van der Waals surface area contributed by atoms with Crippen molar-refractivity contribution in [3.05, 3.63) is 77.6 Å². The number of fused-ring (bicyclic) bond motifs is 13. The lowest BCUT2D eigenvalue weighted by Crippen LogP contribution is -2.55. The van der Waals surface area contributed by atoms with Gasteiger partial charge < -0.3 is 36.4 Å². The molecular formula is C36H49N9O7. The summed E-state index contributed by atoms with van der Waals surface area (Å²) in [6.07, 6.45) is 1.88. The van der Waals surface area contributed by atoms with Crippen LogP contribution in [0.4, 0.5) is 0 Å². The van der Waals surface area contributed by atoms with Crippen molar-refractivity contribution in [2.24, 2.45) is 5.92 Å². The van der Waals surface area contributed by atoms with E-state index in [2.05, 4.69) is 36.9 Å². The molecule has 0 unspecified atom stereocenters. The molecular weight excluding hydrogens is 670 g/mol. The molecule has 0 aliphatic carbocycles. The summed E-state index contributed by atoms with van der Waals surface area (Å²) in [7, 11) is 1.66. The van der Waals surface area contributed by atoms with Gasteiger partial charge in [-0.3, -0.25) is 28.8 Å². The van der Waals surface area contributed by atoms with Crippen LogP contribution in [0.1, 0.15) is 37.6 Å². The van der Waals surface area contributed by atoms with Gasteiger partial charge in [0, 0.05) is 32.5 Å². The Labute approximate surface area is 303 Å². The third-order valence-electron chi connectivity index (χ3n) is 8.70. The number of hydrogen-bond donors (Lipinski definition) is 6. The molecule has 16 nitrogen and oxygen atoms in total. The molecule has 0 fully saturated rings. The Morgan fingerprint density at radius 3 is 2.40 bits per heavy atom. The number of aliphatic carboxylic acids is 1. The second kappa shape index (κ2) is 19.3. The van der Waals surface area contributed by atoms with Crippen molar-refractivity contribution in [1.29, 1.82) is 0 Å². The maximum atomic E-state index is 13.6. The molecule has 4 amide bonds. The lowest BCUT2D eigenvalue weighted by atomic mass is 10.0. The Kier molecular flexibility index (Phi) is 14.6. The van der Waals surface area contributed by atoms with Gasteiger partial charge in [0.05, 0.1) is 25.3 Å². The monoisotopic (exact) mass is 719 g/mol. The number of carboxylic acids is 1. The minimum absolute atomic E-state index is 0.0110. The van der Waals surface area contributed by atoms with E-state index < -0.39 is 42.0 Å². The second-order valence-electron chi connectivity index (χ2n) is 13.1. The van der Waals surface area contributed by atoms with Gasteiger partial charge in [-0.05, 0) is 43.1 Å². The molecule has 6 N–H and O–H groups in total. The fourth-order valence-corrected chi connectivity index (χ4v) is 5.51. The number of carbonyl (C=O) groups is 5. The number of ether oxygens (including phenoxy) is 1. The first-order chi connectivity index (χ1) is 24.9. The number of aromatic nitrogens is 3. The Bertz CT molecular complexity index is 1650. The topological polar surface area (TPSA) is 209 Å². The van der Waals surface area contributed by atoms with Crippen LogP contribution >= 0.6 is 0 Å². The predicted octanol–water partition coefficient (Wildman–Crippen LogP) is -0.123. The van der Waals surface area contributed by atoms with Crippen LogP contribution in [0.3, 0.4) is 0 Å². The first kappa shape index (κ1) is 39.4. The standard InChI is InChI=1S/C36H49N9O7/c1-23(2)32(41-33(47)24(3)37-4)35(49)38-14-15-44-16-17-45-20-27(42-43-45)22-52-28-12-10-26(11-13-28)19-30(36(50)51)40-34(48)29(39-31(46)21-44)18-25-8-6-5-7-9-25/h5-13,20,23-24,29-30,32,37H,14-19,21-22H2,1-4H3,(H,38,49)(H,39,46)(H,40,48)(H,41,47)(H,50,51)/t24-,29-,30-,32-/m0/s1. The van der Waals surface area contributed by atoms with Gasteiger partial charge in [0.1, 0.15) is 36.2 Å². The summed E-state index contributed by atoms with van der Waals surface area (Å²) in [4.78, 5) is 67.0. The fourth-order valence-electron chi connectivity index (χ4n) is 5.51. The Hall–Kier alpha value is -5.35. The maximum absolute atomic E-state index is 13.6. The average molecular weight is 720 g/mol. The number of nitrogens with zero attached hydrogens (tertiary/aromatic N) is 4. The molecule has 280 valence electrons. The predicted molar refractivity (Wildman–Crippen MR) is 191 cm³/mol. The normalized spacial score (nSPS) is 18.7. The number of carbonyl (C=O) groups excluding carboxylic acids is 4. The summed E-state index contributed by atoms with van der Waals surface area (Å²) in [6.45, 7) is 6.48. The van der Waals surface area contributed by atoms with E-state index in [9.17, 15) is 29.1 Å². The maximum Gasteiger partial charge on any atom is 0.326 e. The van der Waals surface area contributed by atoms with Gasteiger partial charge in [-0.15, -0.1) is 5.10 Å². The highest BCUT2D eigenvalue weighted by Crippen LogP contribution is 2.16. The van der Waals surface area contributed by atoms with Crippen LogP contribution in [-0.4, -0.2) is 112 Å². The first-order valence-corrected chi connectivity index (χ1v) is 17.4. The summed E-state index contributed by atoms with van der Waals surface area (Å²) in [5, 5.41) is 32.3. The van der Waals surface area contributed by atoms with Crippen LogP contribution in [-0.2, 0) is 50.0 Å². The quantitative estimate of drug-likeness (QED) is 0.144. The van der Waals surface area contributed by atoms with Gasteiger partial charge in [0.25, 0.3) is 0 Å². The van der Waals surface area contributed by atoms with Gasteiger partial charge in [0.2, 0.25) is 23.6 Å². The number of benzene rings is 2. The Morgan fingerprint density at radius 1 is 1.00 bits per heavy atom. The van der Waals surface area contributed by atoms with Crippen molar-refractivity contribution < 1.29 is 33.8 Å². The lowest BCUT2D eigenvalue weighted by Gasteiger charge is -2.26. The zero-order valence-electron chi connectivity index (χ0n) is 30.0. The van der Waals surface area contributed by atoms with E-state index in [0.29, 0.717) is 30.1 Å². The molecule has 52 heavy (non-hydrogen) atoms. The highest BCUT2D eigenvalue weighted by molar-refractivity contribution is 5.91. The fraction of sp³-hybridized carbons (Fsp3) is 0.472. The van der Waals surface area contributed by atoms with E-state index in [1.54, 1.807) is 54.0 Å². The van der Waals surface area contributed by atoms with Crippen molar-refractivity contribution >= 4 is 29.6 Å². The highest BCUT2D eigenvalue weighted by atomic mass is 16.5. The molecule has 2 aromatic carbocycles. The lowest BCUT2D eigenvalue weighted by molar-refractivity contribution is -0.142. The van der Waals surface area contributed by atoms with Crippen LogP contribution in [0, 0.1) is 5.92 Å². The van der Waals surface area contributed by atoms with Crippen LogP contribution in [0.2, 0.25) is 0 Å². The molecule has 5 rings (SSSR count). The third kappa shape index (κ3) is 12.2. The van der Waals surface area contributed by atoms with Crippen LogP contribution < -0.4 is 31.3 Å². The van der Waals surface area contributed by atoms with Crippen molar-refractivity contribution in [2.75, 3.05) is 33.2 Å². The average Bonchev–Trinajstić information content (AvgIpc) is 3.58. The van der Waals surface area contributed by atoms with E-state index in [4.69, 9.17) is 4.74 Å². The largest absolute Gasteiger partial charge is 0.487 e. The molecule has 0 spiro atoms. The van der Waals surface area contributed by atoms with E-state index in [1.165, 1.54) is 0 Å². The minimum Gasteiger partial charge on any atom is -0.487 e. The molecule has 0 saturated heterocycles. The molecule has 3 heterocycles. The molecule has 3 aromatic rings. The van der Waals surface area contributed by atoms with E-state index in [1.807, 2.05) is 44.2 Å². The first-order valence-electron chi connectivity index (χ1n) is 17.4. The van der Waals surface area contributed by atoms with Gasteiger partial charge in [0.15, 0.2) is 0 Å². The van der Waals surface area contributed by atoms with Gasteiger partial charge in [-0.25, -0.2) is 4.79 Å². The number of likely N-dealkylation sites (N-methyl/N-ethyl adjacent to an activating group) is 1. The van der Waals surface area contributed by atoms with Crippen LogP contribution in [0.15, 0.2) is 60.8 Å². The smallest absolute Gasteiger partial charge is 0.326 e. The SMILES string of the molecule is CN[C@@H](C)C(=O)N[C@H](C(=O)NCCN1CCn2cc(nn2)COc2ccc(cc2)C[C@@H](C(=O)O)NC(=O)[C@H](Cc2ccccc2)NC(=O)C1)C(C)C. The Balaban J connectivity index is 1.54. The van der Waals surface area contributed by atoms with Crippen molar-refractivity contribution in [3.8, 4) is 5.75 Å². The van der Waals surface area contributed by atoms with Crippen molar-refractivity contribution in [2.45, 2.75) is 70.9 Å². The van der Waals surface area contributed by atoms with Crippen LogP contribution in [0.5, 0.6) is 5.75 Å². The summed E-state index contributed by atoms with van der Waals surface area (Å²) in [6, 6.07) is 12.4. The Morgan fingerprint density at radius 2 is 1.73 bits per heavy atom. The molecule has 2 aliphatic rings. The van der Waals surface area contributed by atoms with E-state index >= 15 is 0 Å². The van der Waals surface area contributed by atoms with Gasteiger partial charge in [-0.2, -0.15) is 0 Å². The number of rotatable bonds is 11. The number of hydrogen-bond acceptors (Lipinski definition) is 10. The summed E-state index contributed by atoms with van der Waals surface area (Å²) in [5.74, 6) is -2.60. The van der Waals surface area contributed by atoms with Crippen molar-refractivity contribution in [3.63, 3.8) is 0 Å². The second-order valence-corrected chi connectivity index (χ2v) is 13.1. The van der Waals surface area contributed by atoms with Gasteiger partial charge >= 0.3 is 5.97 Å². The van der Waals surface area contributed by atoms with Crippen LogP contribution in [0.25, 0.3) is 0 Å². The van der Waals surface area contributed by atoms with E-state index in [0.717, 1.165) is 5.56 Å². The number of nitrogens with one attached hydrogen (secondary N) is 5. The summed E-state index contributed by atoms with van der Waals surface area (Å²) in [5.41, 5.74) is 2.03. The molecule has 1 aromatic heterocycles. The van der Waals surface area contributed by atoms with Crippen molar-refractivity contribution in [1.82, 2.24) is 46.5 Å². The molecule has 16 heteroatoms. The minimum atomic E-state index is -1.25. The molecule has 4 atom stereocenters. The highest BCUT2D eigenvalue weighted by Gasteiger charge is 2.29. The summed E-state index contributed by atoms with van der Waals surface area (Å²) >= 11 is 0. The molecule has 0 saturated carbocycles. The summed E-state index contributed by atoms with van der Waals surface area (Å²) < 4.78 is 7.49. The van der Waals surface area contributed by atoms with Gasteiger partial charge in [-0.1, -0.05) is 61.5 Å². The molecule has 0 radical (unpaired) electrons. The molecule has 4 bridgehead atoms. The van der Waals surface area contributed by atoms with E-state index in [-0.39, 0.29) is 56.8 Å². The zero-order valence-corrected chi connectivity index (χ0v) is 30.0.